The van der Waals surface area contributed by atoms with E-state index in [4.69, 9.17) is 0 Å². The van der Waals surface area contributed by atoms with Gasteiger partial charge in [-0.3, -0.25) is 0 Å². The van der Waals surface area contributed by atoms with Gasteiger partial charge in [0.25, 0.3) is 0 Å². The normalized spacial score (nSPS) is 10.8. The van der Waals surface area contributed by atoms with Gasteiger partial charge in [0.15, 0.2) is 0 Å². The monoisotopic (exact) mass is 384 g/mol. The Morgan fingerprint density at radius 2 is 1.07 bits per heavy atom. The van der Waals surface area contributed by atoms with E-state index in [0.717, 1.165) is 37.6 Å². The highest BCUT2D eigenvalue weighted by Gasteiger charge is 2.22. The van der Waals surface area contributed by atoms with Crippen LogP contribution in [-0.4, -0.2) is 0 Å². The summed E-state index contributed by atoms with van der Waals surface area (Å²) in [5.74, 6) is 0. The molecule has 0 heterocycles. The molecule has 5 aromatic carbocycles. The molecule has 0 amide bonds. The summed E-state index contributed by atoms with van der Waals surface area (Å²) in [6.45, 7) is 0. The second-order valence-corrected chi connectivity index (χ2v) is 7.44. The van der Waals surface area contributed by atoms with Crippen LogP contribution in [0.15, 0.2) is 42.5 Å². The first-order chi connectivity index (χ1) is 14.1. The summed E-state index contributed by atoms with van der Waals surface area (Å²) < 4.78 is 0. The van der Waals surface area contributed by atoms with Gasteiger partial charge in [0.2, 0.25) is 0 Å². The van der Waals surface area contributed by atoms with E-state index in [1.807, 2.05) is 24.3 Å². The third kappa shape index (κ3) is 2.02. The Labute approximate surface area is 167 Å². The van der Waals surface area contributed by atoms with Crippen LogP contribution in [0.5, 0.6) is 0 Å². The molecule has 0 aromatic heterocycles. The zero-order chi connectivity index (χ0) is 20.3. The molecule has 0 radical (unpaired) electrons. The van der Waals surface area contributed by atoms with Crippen LogP contribution in [0.1, 0.15) is 22.3 Å². The van der Waals surface area contributed by atoms with Crippen LogP contribution >= 0.6 is 9.24 Å². The van der Waals surface area contributed by atoms with Crippen molar-refractivity contribution in [1.82, 2.24) is 0 Å². The first-order valence-electron chi connectivity index (χ1n) is 8.74. The van der Waals surface area contributed by atoms with E-state index in [-0.39, 0.29) is 0 Å². The molecule has 0 fully saturated rings. The molecule has 130 valence electrons. The summed E-state index contributed by atoms with van der Waals surface area (Å²) in [4.78, 5) is 0. The highest BCUT2D eigenvalue weighted by molar-refractivity contribution is 7.28. The summed E-state index contributed by atoms with van der Waals surface area (Å²) in [5, 5.41) is 46.0. The molecule has 5 aromatic rings. The lowest BCUT2D eigenvalue weighted by atomic mass is 9.84. The van der Waals surface area contributed by atoms with Crippen LogP contribution in [-0.2, 0) is 0 Å². The molecule has 0 N–H and O–H groups in total. The van der Waals surface area contributed by atoms with Crippen molar-refractivity contribution in [2.45, 2.75) is 0 Å². The molecular formula is C24H9N4P. The lowest BCUT2D eigenvalue weighted by Crippen LogP contribution is -2.03. The molecule has 0 saturated carbocycles. The van der Waals surface area contributed by atoms with E-state index in [1.165, 1.54) is 0 Å². The summed E-state index contributed by atoms with van der Waals surface area (Å²) in [6.07, 6.45) is 0. The van der Waals surface area contributed by atoms with Gasteiger partial charge in [0, 0.05) is 26.9 Å². The quantitative estimate of drug-likeness (QED) is 0.219. The van der Waals surface area contributed by atoms with Crippen molar-refractivity contribution in [2.24, 2.45) is 0 Å². The van der Waals surface area contributed by atoms with Gasteiger partial charge in [-0.15, -0.1) is 9.24 Å². The molecule has 0 spiro atoms. The number of rotatable bonds is 0. The average molecular weight is 384 g/mol. The molecule has 0 aliphatic heterocycles. The van der Waals surface area contributed by atoms with Gasteiger partial charge in [0.05, 0.1) is 46.5 Å². The third-order valence-electron chi connectivity index (χ3n) is 5.50. The van der Waals surface area contributed by atoms with Crippen molar-refractivity contribution < 1.29 is 0 Å². The first kappa shape index (κ1) is 16.9. The molecule has 0 aliphatic rings. The van der Waals surface area contributed by atoms with E-state index in [9.17, 15) is 21.0 Å². The number of nitrogens with zero attached hydrogens (tertiary/aromatic N) is 4. The predicted molar refractivity (Wildman–Crippen MR) is 116 cm³/mol. The van der Waals surface area contributed by atoms with Crippen molar-refractivity contribution in [2.75, 3.05) is 0 Å². The van der Waals surface area contributed by atoms with Gasteiger partial charge in [-0.2, -0.15) is 21.0 Å². The third-order valence-corrected chi connectivity index (χ3v) is 5.95. The Bertz CT molecular complexity index is 1680. The van der Waals surface area contributed by atoms with Crippen molar-refractivity contribution >= 4 is 57.6 Å². The van der Waals surface area contributed by atoms with Crippen molar-refractivity contribution in [3.63, 3.8) is 0 Å². The standard InChI is InChI=1S/C24H9N4P/c25-8-12-4-5-18-21-15(11-28)7-19(29)22-14(10-27)6-13(9-26)20(24(21)22)17-3-1-2-16(12)23(17)18/h1-7H,29H2. The zero-order valence-corrected chi connectivity index (χ0v) is 16.1. The number of benzene rings is 5. The lowest BCUT2D eigenvalue weighted by Gasteiger charge is -2.18. The van der Waals surface area contributed by atoms with Crippen molar-refractivity contribution in [3.8, 4) is 24.3 Å². The maximum absolute atomic E-state index is 9.86. The van der Waals surface area contributed by atoms with Crippen LogP contribution in [0.25, 0.3) is 43.1 Å². The van der Waals surface area contributed by atoms with Gasteiger partial charge in [-0.1, -0.05) is 24.3 Å². The second kappa shape index (κ2) is 5.89. The first-order valence-corrected chi connectivity index (χ1v) is 9.32. The van der Waals surface area contributed by atoms with Gasteiger partial charge < -0.3 is 0 Å². The van der Waals surface area contributed by atoms with E-state index < -0.39 is 0 Å². The molecule has 0 aliphatic carbocycles. The maximum atomic E-state index is 9.86. The van der Waals surface area contributed by atoms with Gasteiger partial charge >= 0.3 is 0 Å². The molecule has 0 bridgehead atoms. The summed E-state index contributed by atoms with van der Waals surface area (Å²) in [7, 11) is 2.61. The second-order valence-electron chi connectivity index (χ2n) is 6.82. The smallest absolute Gasteiger partial charge is 0.0998 e. The predicted octanol–water partition coefficient (Wildman–Crippen LogP) is 4.72. The molecule has 5 rings (SSSR count). The minimum atomic E-state index is 0.385. The number of hydrogen-bond acceptors (Lipinski definition) is 4. The highest BCUT2D eigenvalue weighted by Crippen LogP contribution is 2.44. The number of fused-ring (bicyclic) bond motifs is 2. The fraction of sp³-hybridized carbons (Fsp3) is 0. The summed E-state index contributed by atoms with van der Waals surface area (Å²) in [6, 6.07) is 21.6. The average Bonchev–Trinajstić information content (AvgIpc) is 2.76. The van der Waals surface area contributed by atoms with Crippen LogP contribution in [0.4, 0.5) is 0 Å². The molecule has 4 nitrogen and oxygen atoms in total. The van der Waals surface area contributed by atoms with Crippen molar-refractivity contribution in [3.05, 3.63) is 64.7 Å². The number of nitriles is 4. The number of hydrogen-bond donors (Lipinski definition) is 0. The fourth-order valence-corrected chi connectivity index (χ4v) is 4.88. The Kier molecular flexibility index (Phi) is 3.44. The summed E-state index contributed by atoms with van der Waals surface area (Å²) in [5.41, 5.74) is 1.80. The highest BCUT2D eigenvalue weighted by atomic mass is 31.0. The zero-order valence-electron chi connectivity index (χ0n) is 14.9. The topological polar surface area (TPSA) is 95.2 Å². The summed E-state index contributed by atoms with van der Waals surface area (Å²) >= 11 is 0. The fourth-order valence-electron chi connectivity index (χ4n) is 4.41. The van der Waals surface area contributed by atoms with Gasteiger partial charge in [-0.05, 0) is 39.7 Å². The van der Waals surface area contributed by atoms with Gasteiger partial charge in [-0.25, -0.2) is 0 Å². The molecule has 1 unspecified atom stereocenters. The van der Waals surface area contributed by atoms with Crippen LogP contribution in [0, 0.1) is 45.3 Å². The SMILES string of the molecule is N#Cc1ccc2c3c(C#N)cc(P)c4c(C#N)cc(C#N)c(c5cccc1c25)c43. The van der Waals surface area contributed by atoms with E-state index >= 15 is 0 Å². The van der Waals surface area contributed by atoms with Gasteiger partial charge in [0.1, 0.15) is 0 Å². The Morgan fingerprint density at radius 3 is 1.72 bits per heavy atom. The molecule has 1 atom stereocenters. The van der Waals surface area contributed by atoms with Crippen LogP contribution < -0.4 is 5.30 Å². The minimum absolute atomic E-state index is 0.385. The van der Waals surface area contributed by atoms with E-state index in [1.54, 1.807) is 18.2 Å². The minimum Gasteiger partial charge on any atom is -0.192 e. The van der Waals surface area contributed by atoms with Crippen molar-refractivity contribution in [1.29, 1.82) is 21.0 Å². The van der Waals surface area contributed by atoms with Crippen LogP contribution in [0.3, 0.4) is 0 Å². The largest absolute Gasteiger partial charge is 0.192 e. The molecule has 5 heteroatoms. The Hall–Kier alpha value is -4.21. The Morgan fingerprint density at radius 1 is 0.517 bits per heavy atom. The van der Waals surface area contributed by atoms with E-state index in [0.29, 0.717) is 33.0 Å². The molecule has 0 saturated heterocycles. The molecule has 29 heavy (non-hydrogen) atoms. The molecular weight excluding hydrogens is 375 g/mol. The van der Waals surface area contributed by atoms with Crippen LogP contribution in [0.2, 0.25) is 0 Å². The Balaban J connectivity index is 2.33. The lowest BCUT2D eigenvalue weighted by molar-refractivity contribution is 1.48. The van der Waals surface area contributed by atoms with E-state index in [2.05, 4.69) is 33.5 Å². The maximum Gasteiger partial charge on any atom is 0.0998 e.